The van der Waals surface area contributed by atoms with E-state index in [1.165, 1.54) is 13.1 Å². The number of alkyl halides is 2. The first-order valence-electron chi connectivity index (χ1n) is 9.97. The number of nitrogens with zero attached hydrogens (tertiary/aromatic N) is 3. The van der Waals surface area contributed by atoms with Crippen molar-refractivity contribution in [1.29, 1.82) is 0 Å². The minimum Gasteiger partial charge on any atom is -0.334 e. The molecule has 6 nitrogen and oxygen atoms in total. The van der Waals surface area contributed by atoms with Crippen LogP contribution >= 0.6 is 0 Å². The molecule has 1 N–H and O–H groups in total. The molecular weight excluding hydrogens is 410 g/mol. The zero-order valence-electron chi connectivity index (χ0n) is 16.5. The van der Waals surface area contributed by atoms with Crippen molar-refractivity contribution in [2.75, 3.05) is 7.05 Å². The molecule has 0 amide bonds. The Kier molecular flexibility index (Phi) is 4.37. The quantitative estimate of drug-likeness (QED) is 0.649. The van der Waals surface area contributed by atoms with Gasteiger partial charge in [-0.15, -0.1) is 0 Å². The normalized spacial score (nSPS) is 19.2. The molecule has 1 saturated carbocycles. The van der Waals surface area contributed by atoms with Crippen LogP contribution in [0.2, 0.25) is 0 Å². The number of imidazole rings is 1. The lowest BCUT2D eigenvalue weighted by molar-refractivity contribution is -0.00656. The van der Waals surface area contributed by atoms with E-state index in [2.05, 4.69) is 14.3 Å². The van der Waals surface area contributed by atoms with Crippen molar-refractivity contribution in [2.24, 2.45) is 0 Å². The van der Waals surface area contributed by atoms with E-state index in [1.54, 1.807) is 24.5 Å². The van der Waals surface area contributed by atoms with Crippen molar-refractivity contribution >= 4 is 26.6 Å². The van der Waals surface area contributed by atoms with E-state index in [0.717, 1.165) is 40.7 Å². The summed E-state index contributed by atoms with van der Waals surface area (Å²) in [5.41, 5.74) is 3.10. The Labute approximate surface area is 173 Å². The predicted molar refractivity (Wildman–Crippen MR) is 111 cm³/mol. The Bertz CT molecular complexity index is 1270. The Balaban J connectivity index is 1.68. The molecule has 0 unspecified atom stereocenters. The van der Waals surface area contributed by atoms with Crippen molar-refractivity contribution in [3.05, 3.63) is 43.0 Å². The first-order valence-corrected chi connectivity index (χ1v) is 11.5. The minimum atomic E-state index is -3.62. The van der Waals surface area contributed by atoms with Gasteiger partial charge in [-0.05, 0) is 44.5 Å². The molecule has 2 aromatic heterocycles. The van der Waals surface area contributed by atoms with E-state index in [-0.39, 0.29) is 24.2 Å². The zero-order valence-corrected chi connectivity index (χ0v) is 17.3. The van der Waals surface area contributed by atoms with Crippen LogP contribution in [0.3, 0.4) is 0 Å². The van der Waals surface area contributed by atoms with Gasteiger partial charge in [0.2, 0.25) is 10.0 Å². The monoisotopic (exact) mass is 432 g/mol. The highest BCUT2D eigenvalue weighted by Crippen LogP contribution is 2.40. The van der Waals surface area contributed by atoms with Gasteiger partial charge in [0.15, 0.2) is 0 Å². The second-order valence-electron chi connectivity index (χ2n) is 7.99. The third-order valence-corrected chi connectivity index (χ3v) is 7.31. The highest BCUT2D eigenvalue weighted by molar-refractivity contribution is 7.89. The molecule has 0 atom stereocenters. The van der Waals surface area contributed by atoms with Crippen LogP contribution in [-0.2, 0) is 10.0 Å². The second kappa shape index (κ2) is 6.75. The van der Waals surface area contributed by atoms with E-state index in [9.17, 15) is 17.2 Å². The van der Waals surface area contributed by atoms with Crippen LogP contribution in [0.1, 0.15) is 38.1 Å². The highest BCUT2D eigenvalue weighted by atomic mass is 32.2. The fourth-order valence-corrected chi connectivity index (χ4v) is 4.74. The van der Waals surface area contributed by atoms with Gasteiger partial charge >= 0.3 is 0 Å². The molecule has 158 valence electrons. The third kappa shape index (κ3) is 3.35. The summed E-state index contributed by atoms with van der Waals surface area (Å²) in [6, 6.07) is 5.37. The zero-order chi connectivity index (χ0) is 21.1. The minimum absolute atomic E-state index is 0.155. The van der Waals surface area contributed by atoms with Gasteiger partial charge in [0.25, 0.3) is 5.92 Å². The first-order chi connectivity index (χ1) is 14.3. The molecule has 2 heterocycles. The maximum Gasteiger partial charge on any atom is 0.252 e. The van der Waals surface area contributed by atoms with Gasteiger partial charge < -0.3 is 9.13 Å². The van der Waals surface area contributed by atoms with Crippen LogP contribution < -0.4 is 4.72 Å². The molecule has 3 aromatic rings. The lowest BCUT2D eigenvalue weighted by Gasteiger charge is -2.22. The van der Waals surface area contributed by atoms with Gasteiger partial charge in [-0.1, -0.05) is 6.08 Å². The second-order valence-corrected chi connectivity index (χ2v) is 9.88. The van der Waals surface area contributed by atoms with Gasteiger partial charge in [0.05, 0.1) is 22.4 Å². The number of hydrogen-bond acceptors (Lipinski definition) is 3. The molecule has 0 aliphatic heterocycles. The average Bonchev–Trinajstić information content (AvgIpc) is 3.34. The predicted octanol–water partition coefficient (Wildman–Crippen LogP) is 4.41. The largest absolute Gasteiger partial charge is 0.334 e. The molecule has 5 rings (SSSR count). The van der Waals surface area contributed by atoms with Gasteiger partial charge in [-0.25, -0.2) is 26.9 Å². The number of sulfonamides is 1. The molecule has 9 heteroatoms. The number of benzene rings is 1. The summed E-state index contributed by atoms with van der Waals surface area (Å²) in [4.78, 5) is 4.69. The van der Waals surface area contributed by atoms with Crippen molar-refractivity contribution in [3.63, 3.8) is 0 Å². The number of halogens is 2. The number of hydrogen-bond donors (Lipinski definition) is 1. The Morgan fingerprint density at radius 3 is 2.70 bits per heavy atom. The third-order valence-electron chi connectivity index (χ3n) is 5.89. The molecule has 0 saturated heterocycles. The molecule has 2 aliphatic rings. The summed E-state index contributed by atoms with van der Waals surface area (Å²) in [5.74, 6) is -2.67. The van der Waals surface area contributed by atoms with Crippen LogP contribution in [-0.4, -0.2) is 35.5 Å². The van der Waals surface area contributed by atoms with E-state index < -0.39 is 15.9 Å². The molecule has 0 radical (unpaired) electrons. The van der Waals surface area contributed by atoms with Gasteiger partial charge in [-0.2, -0.15) is 0 Å². The average molecular weight is 432 g/mol. The smallest absolute Gasteiger partial charge is 0.252 e. The van der Waals surface area contributed by atoms with Crippen LogP contribution in [0.4, 0.5) is 8.78 Å². The SMILES string of the molecule is CNS(=O)(=O)c1ccc2c(c1)c(-c1cn(C3CC3)cn1)cn2C1=CCC(F)(F)CC1. The van der Waals surface area contributed by atoms with Crippen LogP contribution in [0.5, 0.6) is 0 Å². The molecular formula is C21H22F2N4O2S. The van der Waals surface area contributed by atoms with Crippen molar-refractivity contribution in [2.45, 2.75) is 49.0 Å². The molecule has 2 aliphatic carbocycles. The lowest BCUT2D eigenvalue weighted by Crippen LogP contribution is -2.19. The summed E-state index contributed by atoms with van der Waals surface area (Å²) < 4.78 is 58.3. The first kappa shape index (κ1) is 19.4. The summed E-state index contributed by atoms with van der Waals surface area (Å²) in [6.45, 7) is 0. The number of aromatic nitrogens is 3. The Morgan fingerprint density at radius 1 is 1.23 bits per heavy atom. The van der Waals surface area contributed by atoms with Crippen LogP contribution in [0, 0.1) is 0 Å². The summed E-state index contributed by atoms with van der Waals surface area (Å²) in [5, 5.41) is 0.727. The van der Waals surface area contributed by atoms with Crippen LogP contribution in [0.25, 0.3) is 27.9 Å². The Morgan fingerprint density at radius 2 is 2.03 bits per heavy atom. The summed E-state index contributed by atoms with van der Waals surface area (Å²) >= 11 is 0. The summed E-state index contributed by atoms with van der Waals surface area (Å²) in [7, 11) is -2.25. The topological polar surface area (TPSA) is 68.9 Å². The summed E-state index contributed by atoms with van der Waals surface area (Å²) in [6.07, 6.45) is 9.25. The van der Waals surface area contributed by atoms with Crippen molar-refractivity contribution in [1.82, 2.24) is 18.8 Å². The number of fused-ring (bicyclic) bond motifs is 1. The molecule has 0 spiro atoms. The lowest BCUT2D eigenvalue weighted by atomic mass is 10.0. The fraction of sp³-hybridized carbons (Fsp3) is 0.381. The number of nitrogens with one attached hydrogen (secondary N) is 1. The number of allylic oxidation sites excluding steroid dienone is 2. The molecule has 30 heavy (non-hydrogen) atoms. The maximum atomic E-state index is 13.6. The van der Waals surface area contributed by atoms with E-state index in [1.807, 2.05) is 17.0 Å². The van der Waals surface area contributed by atoms with Gasteiger partial charge in [0, 0.05) is 47.9 Å². The van der Waals surface area contributed by atoms with Crippen molar-refractivity contribution in [3.8, 4) is 11.3 Å². The van der Waals surface area contributed by atoms with E-state index in [4.69, 9.17) is 0 Å². The maximum absolute atomic E-state index is 13.6. The van der Waals surface area contributed by atoms with E-state index in [0.29, 0.717) is 6.04 Å². The molecule has 1 aromatic carbocycles. The molecule has 0 bridgehead atoms. The number of rotatable bonds is 5. The van der Waals surface area contributed by atoms with Gasteiger partial charge in [-0.3, -0.25) is 0 Å². The van der Waals surface area contributed by atoms with E-state index >= 15 is 0 Å². The van der Waals surface area contributed by atoms with Gasteiger partial charge in [0.1, 0.15) is 0 Å². The Hall–Kier alpha value is -2.52. The fourth-order valence-electron chi connectivity index (χ4n) is 3.99. The standard InChI is InChI=1S/C21H22F2N4O2S/c1-24-30(28,29)16-4-5-20-17(10-16)18(19-12-26(13-25-19)14-2-3-14)11-27(20)15-6-8-21(22,23)9-7-15/h4-6,10-14,24H,2-3,7-9H2,1H3. The van der Waals surface area contributed by atoms with Crippen LogP contribution in [0.15, 0.2) is 47.9 Å². The molecule has 1 fully saturated rings. The highest BCUT2D eigenvalue weighted by Gasteiger charge is 2.32. The van der Waals surface area contributed by atoms with Crippen molar-refractivity contribution < 1.29 is 17.2 Å².